The fourth-order valence-electron chi connectivity index (χ4n) is 3.60. The molecule has 1 aliphatic heterocycles. The number of rotatable bonds is 4. The highest BCUT2D eigenvalue weighted by Gasteiger charge is 2.32. The minimum absolute atomic E-state index is 0.0736. The Balaban J connectivity index is 1.46. The van der Waals surface area contributed by atoms with E-state index in [4.69, 9.17) is 0 Å². The van der Waals surface area contributed by atoms with Gasteiger partial charge in [0, 0.05) is 26.2 Å². The summed E-state index contributed by atoms with van der Waals surface area (Å²) in [6, 6.07) is 12.1. The number of imidazole rings is 1. The lowest BCUT2D eigenvalue weighted by Crippen LogP contribution is -2.51. The lowest BCUT2D eigenvalue weighted by atomic mass is 10.2. The fourth-order valence-corrected chi connectivity index (χ4v) is 5.05. The molecule has 1 saturated heterocycles. The minimum Gasteiger partial charge on any atom is -0.338 e. The first-order valence-electron chi connectivity index (χ1n) is 9.34. The SMILES string of the molecule is CC(C(=O)N1CCN(S(=O)(=O)c2cccc(F)c2)CC1)n1cnc2ccccc21. The van der Waals surface area contributed by atoms with Crippen molar-refractivity contribution in [1.29, 1.82) is 0 Å². The Morgan fingerprint density at radius 3 is 2.52 bits per heavy atom. The van der Waals surface area contributed by atoms with E-state index < -0.39 is 21.9 Å². The van der Waals surface area contributed by atoms with Crippen LogP contribution in [0.5, 0.6) is 0 Å². The van der Waals surface area contributed by atoms with E-state index in [-0.39, 0.29) is 37.0 Å². The van der Waals surface area contributed by atoms with Crippen molar-refractivity contribution in [1.82, 2.24) is 18.8 Å². The zero-order valence-electron chi connectivity index (χ0n) is 15.9. The largest absolute Gasteiger partial charge is 0.338 e. The number of aromatic nitrogens is 2. The molecule has 0 radical (unpaired) electrons. The molecule has 2 aromatic carbocycles. The van der Waals surface area contributed by atoms with E-state index in [1.807, 2.05) is 35.8 Å². The number of piperazine rings is 1. The van der Waals surface area contributed by atoms with Crippen LogP contribution in [0.2, 0.25) is 0 Å². The first kappa shape index (κ1) is 19.5. The van der Waals surface area contributed by atoms with E-state index in [1.54, 1.807) is 11.2 Å². The van der Waals surface area contributed by atoms with Gasteiger partial charge in [0.05, 0.1) is 22.3 Å². The Hall–Kier alpha value is -2.78. The number of hydrogen-bond acceptors (Lipinski definition) is 4. The highest BCUT2D eigenvalue weighted by molar-refractivity contribution is 7.89. The zero-order chi connectivity index (χ0) is 20.6. The molecule has 1 atom stereocenters. The number of benzene rings is 2. The van der Waals surface area contributed by atoms with Gasteiger partial charge in [-0.05, 0) is 37.3 Å². The van der Waals surface area contributed by atoms with Crippen molar-refractivity contribution in [3.8, 4) is 0 Å². The zero-order valence-corrected chi connectivity index (χ0v) is 16.7. The highest BCUT2D eigenvalue weighted by Crippen LogP contribution is 2.22. The molecule has 0 spiro atoms. The number of amides is 1. The molecule has 2 heterocycles. The molecule has 9 heteroatoms. The Morgan fingerprint density at radius 1 is 1.07 bits per heavy atom. The number of nitrogens with zero attached hydrogens (tertiary/aromatic N) is 4. The molecule has 4 rings (SSSR count). The van der Waals surface area contributed by atoms with Gasteiger partial charge in [-0.3, -0.25) is 4.79 Å². The van der Waals surface area contributed by atoms with Gasteiger partial charge < -0.3 is 9.47 Å². The summed E-state index contributed by atoms with van der Waals surface area (Å²) in [6.07, 6.45) is 1.65. The van der Waals surface area contributed by atoms with Gasteiger partial charge in [-0.15, -0.1) is 0 Å². The van der Waals surface area contributed by atoms with Gasteiger partial charge in [0.2, 0.25) is 15.9 Å². The van der Waals surface area contributed by atoms with Crippen molar-refractivity contribution in [3.05, 3.63) is 60.7 Å². The van der Waals surface area contributed by atoms with Gasteiger partial charge in [-0.2, -0.15) is 4.31 Å². The third-order valence-electron chi connectivity index (χ3n) is 5.24. The molecule has 0 bridgehead atoms. The van der Waals surface area contributed by atoms with Crippen molar-refractivity contribution in [2.75, 3.05) is 26.2 Å². The fraction of sp³-hybridized carbons (Fsp3) is 0.300. The Morgan fingerprint density at radius 2 is 1.79 bits per heavy atom. The van der Waals surface area contributed by atoms with Crippen LogP contribution in [0.4, 0.5) is 4.39 Å². The van der Waals surface area contributed by atoms with Gasteiger partial charge in [-0.1, -0.05) is 18.2 Å². The molecule has 1 aromatic heterocycles. The van der Waals surface area contributed by atoms with Crippen molar-refractivity contribution < 1.29 is 17.6 Å². The van der Waals surface area contributed by atoms with Gasteiger partial charge in [0.1, 0.15) is 11.9 Å². The molecular weight excluding hydrogens is 395 g/mol. The molecule has 0 aliphatic carbocycles. The quantitative estimate of drug-likeness (QED) is 0.654. The number of halogens is 1. The van der Waals surface area contributed by atoms with E-state index in [0.717, 1.165) is 17.1 Å². The maximum Gasteiger partial charge on any atom is 0.245 e. The number of fused-ring (bicyclic) bond motifs is 1. The van der Waals surface area contributed by atoms with Crippen LogP contribution in [0.25, 0.3) is 11.0 Å². The number of para-hydroxylation sites is 2. The van der Waals surface area contributed by atoms with Crippen LogP contribution >= 0.6 is 0 Å². The topological polar surface area (TPSA) is 75.5 Å². The van der Waals surface area contributed by atoms with Crippen LogP contribution in [-0.4, -0.2) is 59.3 Å². The van der Waals surface area contributed by atoms with Crippen LogP contribution in [0, 0.1) is 5.82 Å². The monoisotopic (exact) mass is 416 g/mol. The molecule has 0 saturated carbocycles. The van der Waals surface area contributed by atoms with Gasteiger partial charge >= 0.3 is 0 Å². The number of sulfonamides is 1. The average molecular weight is 416 g/mol. The standard InChI is InChI=1S/C20H21FN4O3S/c1-15(25-14-22-18-7-2-3-8-19(18)25)20(26)23-9-11-24(12-10-23)29(27,28)17-6-4-5-16(21)13-17/h2-8,13-15H,9-12H2,1H3. The predicted octanol–water partition coefficient (Wildman–Crippen LogP) is 2.27. The molecule has 1 aliphatic rings. The minimum atomic E-state index is -3.79. The van der Waals surface area contributed by atoms with E-state index >= 15 is 0 Å². The number of hydrogen-bond donors (Lipinski definition) is 0. The maximum absolute atomic E-state index is 13.4. The molecule has 29 heavy (non-hydrogen) atoms. The van der Waals surface area contributed by atoms with Crippen LogP contribution in [-0.2, 0) is 14.8 Å². The van der Waals surface area contributed by atoms with E-state index in [1.165, 1.54) is 22.5 Å². The summed E-state index contributed by atoms with van der Waals surface area (Å²) < 4.78 is 42.0. The van der Waals surface area contributed by atoms with Crippen LogP contribution < -0.4 is 0 Å². The molecule has 3 aromatic rings. The van der Waals surface area contributed by atoms with Crippen molar-refractivity contribution >= 4 is 27.0 Å². The summed E-state index contributed by atoms with van der Waals surface area (Å²) in [5.41, 5.74) is 1.69. The third-order valence-corrected chi connectivity index (χ3v) is 7.13. The Kier molecular flexibility index (Phi) is 5.10. The molecule has 0 N–H and O–H groups in total. The number of carbonyl (C=O) groups excluding carboxylic acids is 1. The molecule has 1 amide bonds. The molecule has 7 nitrogen and oxygen atoms in total. The summed E-state index contributed by atoms with van der Waals surface area (Å²) in [7, 11) is -3.79. The Labute approximate surface area is 168 Å². The second kappa shape index (κ2) is 7.57. The molecule has 152 valence electrons. The molecule has 1 fully saturated rings. The van der Waals surface area contributed by atoms with Gasteiger partial charge in [0.15, 0.2) is 0 Å². The van der Waals surface area contributed by atoms with Crippen LogP contribution in [0.3, 0.4) is 0 Å². The van der Waals surface area contributed by atoms with Crippen molar-refractivity contribution in [2.24, 2.45) is 0 Å². The smallest absolute Gasteiger partial charge is 0.245 e. The van der Waals surface area contributed by atoms with Crippen molar-refractivity contribution in [2.45, 2.75) is 17.9 Å². The van der Waals surface area contributed by atoms with Crippen LogP contribution in [0.1, 0.15) is 13.0 Å². The summed E-state index contributed by atoms with van der Waals surface area (Å²) >= 11 is 0. The third kappa shape index (κ3) is 3.63. The molecule has 1 unspecified atom stereocenters. The van der Waals surface area contributed by atoms with Gasteiger partial charge in [-0.25, -0.2) is 17.8 Å². The first-order chi connectivity index (χ1) is 13.9. The normalized spacial score (nSPS) is 16.8. The predicted molar refractivity (Wildman–Crippen MR) is 106 cm³/mol. The first-order valence-corrected chi connectivity index (χ1v) is 10.8. The highest BCUT2D eigenvalue weighted by atomic mass is 32.2. The van der Waals surface area contributed by atoms with E-state index in [9.17, 15) is 17.6 Å². The average Bonchev–Trinajstić information content (AvgIpc) is 3.17. The summed E-state index contributed by atoms with van der Waals surface area (Å²) in [6.45, 7) is 2.71. The summed E-state index contributed by atoms with van der Waals surface area (Å²) in [5, 5.41) is 0. The summed E-state index contributed by atoms with van der Waals surface area (Å²) in [4.78, 5) is 18.9. The van der Waals surface area contributed by atoms with E-state index in [2.05, 4.69) is 4.98 Å². The maximum atomic E-state index is 13.4. The van der Waals surface area contributed by atoms with Crippen molar-refractivity contribution in [3.63, 3.8) is 0 Å². The molecular formula is C20H21FN4O3S. The Bertz CT molecular complexity index is 1150. The van der Waals surface area contributed by atoms with E-state index in [0.29, 0.717) is 0 Å². The van der Waals surface area contributed by atoms with Crippen LogP contribution in [0.15, 0.2) is 59.8 Å². The lowest BCUT2D eigenvalue weighted by Gasteiger charge is -2.35. The second-order valence-corrected chi connectivity index (χ2v) is 8.94. The number of carbonyl (C=O) groups is 1. The second-order valence-electron chi connectivity index (χ2n) is 7.00. The lowest BCUT2D eigenvalue weighted by molar-refractivity contribution is -0.135. The summed E-state index contributed by atoms with van der Waals surface area (Å²) in [5.74, 6) is -0.683. The van der Waals surface area contributed by atoms with Gasteiger partial charge in [0.25, 0.3) is 0 Å².